The van der Waals surface area contributed by atoms with Crippen LogP contribution < -0.4 is 11.1 Å². The van der Waals surface area contributed by atoms with E-state index in [1.807, 2.05) is 6.07 Å². The fourth-order valence-corrected chi connectivity index (χ4v) is 2.22. The second-order valence-corrected chi connectivity index (χ2v) is 4.71. The van der Waals surface area contributed by atoms with Gasteiger partial charge >= 0.3 is 0 Å². The number of anilines is 1. The van der Waals surface area contributed by atoms with E-state index < -0.39 is 5.91 Å². The molecule has 4 heteroatoms. The normalized spacial score (nSPS) is 18.1. The molecule has 2 rings (SSSR count). The number of hydrogen-bond acceptors (Lipinski definition) is 3. The number of carbonyl (C=O) groups is 2. The molecule has 0 atom stereocenters. The summed E-state index contributed by atoms with van der Waals surface area (Å²) in [4.78, 5) is 23.1. The maximum Gasteiger partial charge on any atom is 0.250 e. The van der Waals surface area contributed by atoms with E-state index in [0.717, 1.165) is 31.3 Å². The molecular weight excluding hydrogens is 240 g/mol. The first-order valence-electron chi connectivity index (χ1n) is 6.56. The van der Waals surface area contributed by atoms with Crippen molar-refractivity contribution in [3.8, 4) is 0 Å². The molecule has 19 heavy (non-hydrogen) atoms. The van der Waals surface area contributed by atoms with E-state index in [1.165, 1.54) is 0 Å². The molecule has 0 aliphatic heterocycles. The van der Waals surface area contributed by atoms with Gasteiger partial charge in [0.05, 0.1) is 11.3 Å². The van der Waals surface area contributed by atoms with E-state index in [2.05, 4.69) is 5.32 Å². The third-order valence-corrected chi connectivity index (χ3v) is 3.30. The molecule has 1 amide bonds. The van der Waals surface area contributed by atoms with Crippen LogP contribution in [-0.4, -0.2) is 11.7 Å². The Balaban J connectivity index is 2.17. The second kappa shape index (κ2) is 6.18. The fraction of sp³-hybridized carbons (Fsp3) is 0.333. The van der Waals surface area contributed by atoms with Gasteiger partial charge in [-0.25, -0.2) is 0 Å². The van der Waals surface area contributed by atoms with Gasteiger partial charge in [0.25, 0.3) is 5.91 Å². The molecule has 0 bridgehead atoms. The SMILES string of the molecule is NC(=O)c1ccccc1NC=C1CCCCCC1=O. The van der Waals surface area contributed by atoms with Gasteiger partial charge in [-0.15, -0.1) is 0 Å². The van der Waals surface area contributed by atoms with Crippen LogP contribution in [-0.2, 0) is 4.79 Å². The molecule has 0 unspecified atom stereocenters. The maximum absolute atomic E-state index is 11.9. The van der Waals surface area contributed by atoms with Crippen LogP contribution in [0.15, 0.2) is 36.0 Å². The molecular formula is C15H18N2O2. The average Bonchev–Trinajstić information content (AvgIpc) is 2.61. The molecule has 3 N–H and O–H groups in total. The van der Waals surface area contributed by atoms with Crippen LogP contribution in [0.5, 0.6) is 0 Å². The number of nitrogens with one attached hydrogen (secondary N) is 1. The van der Waals surface area contributed by atoms with Gasteiger partial charge in [-0.3, -0.25) is 9.59 Å². The van der Waals surface area contributed by atoms with Gasteiger partial charge in [0.1, 0.15) is 0 Å². The number of ketones is 1. The van der Waals surface area contributed by atoms with E-state index >= 15 is 0 Å². The Bertz CT molecular complexity index is 521. The van der Waals surface area contributed by atoms with E-state index in [9.17, 15) is 9.59 Å². The standard InChI is InChI=1S/C15H18N2O2/c16-15(19)12-7-4-5-8-13(12)17-10-11-6-2-1-3-9-14(11)18/h4-5,7-8,10,17H,1-3,6,9H2,(H2,16,19). The van der Waals surface area contributed by atoms with Gasteiger partial charge < -0.3 is 11.1 Å². The van der Waals surface area contributed by atoms with Gasteiger partial charge in [-0.2, -0.15) is 0 Å². The zero-order valence-corrected chi connectivity index (χ0v) is 10.8. The predicted octanol–water partition coefficient (Wildman–Crippen LogP) is 2.61. The predicted molar refractivity (Wildman–Crippen MR) is 74.8 cm³/mol. The van der Waals surface area contributed by atoms with Crippen molar-refractivity contribution in [1.82, 2.24) is 0 Å². The van der Waals surface area contributed by atoms with E-state index in [0.29, 0.717) is 17.7 Å². The van der Waals surface area contributed by atoms with Crippen LogP contribution >= 0.6 is 0 Å². The lowest BCUT2D eigenvalue weighted by molar-refractivity contribution is -0.115. The maximum atomic E-state index is 11.9. The molecule has 0 radical (unpaired) electrons. The molecule has 0 spiro atoms. The summed E-state index contributed by atoms with van der Waals surface area (Å²) >= 11 is 0. The van der Waals surface area contributed by atoms with Crippen LogP contribution in [0, 0.1) is 0 Å². The minimum absolute atomic E-state index is 0.196. The summed E-state index contributed by atoms with van der Waals surface area (Å²) in [7, 11) is 0. The van der Waals surface area contributed by atoms with Crippen molar-refractivity contribution in [3.63, 3.8) is 0 Å². The summed E-state index contributed by atoms with van der Waals surface area (Å²) in [5, 5.41) is 3.04. The summed E-state index contributed by atoms with van der Waals surface area (Å²) in [5.41, 5.74) is 7.18. The Labute approximate surface area is 112 Å². The van der Waals surface area contributed by atoms with Gasteiger partial charge in [0.2, 0.25) is 0 Å². The number of primary amides is 1. The molecule has 0 saturated heterocycles. The molecule has 1 aromatic carbocycles. The van der Waals surface area contributed by atoms with Crippen LogP contribution in [0.1, 0.15) is 42.5 Å². The number of hydrogen-bond donors (Lipinski definition) is 2. The molecule has 100 valence electrons. The number of para-hydroxylation sites is 1. The van der Waals surface area contributed by atoms with Crippen molar-refractivity contribution in [2.24, 2.45) is 5.73 Å². The smallest absolute Gasteiger partial charge is 0.250 e. The first-order valence-corrected chi connectivity index (χ1v) is 6.56. The lowest BCUT2D eigenvalue weighted by Gasteiger charge is -2.08. The van der Waals surface area contributed by atoms with Gasteiger partial charge in [-0.1, -0.05) is 18.6 Å². The Kier molecular flexibility index (Phi) is 4.34. The Morgan fingerprint density at radius 3 is 2.68 bits per heavy atom. The number of Topliss-reactive ketones (excluding diaryl/α,β-unsaturated/α-hetero) is 1. The summed E-state index contributed by atoms with van der Waals surface area (Å²) < 4.78 is 0. The summed E-state index contributed by atoms with van der Waals surface area (Å²) in [5.74, 6) is -0.282. The molecule has 1 saturated carbocycles. The number of amides is 1. The largest absolute Gasteiger partial charge is 0.366 e. The number of carbonyl (C=O) groups excluding carboxylic acids is 2. The second-order valence-electron chi connectivity index (χ2n) is 4.71. The minimum atomic E-state index is -0.478. The fourth-order valence-electron chi connectivity index (χ4n) is 2.22. The van der Waals surface area contributed by atoms with Crippen molar-refractivity contribution in [3.05, 3.63) is 41.6 Å². The number of rotatable bonds is 3. The molecule has 4 nitrogen and oxygen atoms in total. The third-order valence-electron chi connectivity index (χ3n) is 3.30. The minimum Gasteiger partial charge on any atom is -0.366 e. The lowest BCUT2D eigenvalue weighted by atomic mass is 10.1. The number of nitrogens with two attached hydrogens (primary N) is 1. The van der Waals surface area contributed by atoms with Crippen molar-refractivity contribution in [2.75, 3.05) is 5.32 Å². The van der Waals surface area contributed by atoms with Crippen LogP contribution in [0.25, 0.3) is 0 Å². The highest BCUT2D eigenvalue weighted by molar-refractivity contribution is 5.99. The first kappa shape index (κ1) is 13.3. The van der Waals surface area contributed by atoms with Gasteiger partial charge in [0, 0.05) is 18.2 Å². The highest BCUT2D eigenvalue weighted by Crippen LogP contribution is 2.20. The molecule has 1 aromatic rings. The Morgan fingerprint density at radius 1 is 1.16 bits per heavy atom. The summed E-state index contributed by atoms with van der Waals surface area (Å²) in [6.07, 6.45) is 6.23. The summed E-state index contributed by atoms with van der Waals surface area (Å²) in [6, 6.07) is 7.02. The Hall–Kier alpha value is -2.10. The molecule has 1 aliphatic rings. The lowest BCUT2D eigenvalue weighted by Crippen LogP contribution is -2.13. The monoisotopic (exact) mass is 258 g/mol. The first-order chi connectivity index (χ1) is 9.18. The zero-order chi connectivity index (χ0) is 13.7. The van der Waals surface area contributed by atoms with E-state index in [4.69, 9.17) is 5.73 Å². The highest BCUT2D eigenvalue weighted by Gasteiger charge is 2.13. The topological polar surface area (TPSA) is 72.2 Å². The molecule has 0 heterocycles. The third kappa shape index (κ3) is 3.44. The van der Waals surface area contributed by atoms with E-state index in [-0.39, 0.29) is 5.78 Å². The van der Waals surface area contributed by atoms with Crippen molar-refractivity contribution in [1.29, 1.82) is 0 Å². The number of benzene rings is 1. The average molecular weight is 258 g/mol. The number of allylic oxidation sites excluding steroid dienone is 1. The quantitative estimate of drug-likeness (QED) is 0.646. The molecule has 1 aliphatic carbocycles. The van der Waals surface area contributed by atoms with Crippen LogP contribution in [0.2, 0.25) is 0 Å². The van der Waals surface area contributed by atoms with Crippen LogP contribution in [0.3, 0.4) is 0 Å². The van der Waals surface area contributed by atoms with Crippen LogP contribution in [0.4, 0.5) is 5.69 Å². The zero-order valence-electron chi connectivity index (χ0n) is 10.8. The van der Waals surface area contributed by atoms with Crippen molar-refractivity contribution in [2.45, 2.75) is 32.1 Å². The van der Waals surface area contributed by atoms with Gasteiger partial charge in [0.15, 0.2) is 5.78 Å². The Morgan fingerprint density at radius 2 is 1.89 bits per heavy atom. The van der Waals surface area contributed by atoms with Gasteiger partial charge in [-0.05, 0) is 31.4 Å². The molecule has 0 aromatic heterocycles. The van der Waals surface area contributed by atoms with E-state index in [1.54, 1.807) is 24.4 Å². The van der Waals surface area contributed by atoms with Crippen molar-refractivity contribution >= 4 is 17.4 Å². The summed E-state index contributed by atoms with van der Waals surface area (Å²) in [6.45, 7) is 0. The van der Waals surface area contributed by atoms with Crippen molar-refractivity contribution < 1.29 is 9.59 Å². The molecule has 1 fully saturated rings. The highest BCUT2D eigenvalue weighted by atomic mass is 16.1.